The van der Waals surface area contributed by atoms with Crippen LogP contribution >= 0.6 is 0 Å². The lowest BCUT2D eigenvalue weighted by atomic mass is 9.98. The number of rotatable bonds is 5. The molecule has 0 bridgehead atoms. The van der Waals surface area contributed by atoms with E-state index in [1.807, 2.05) is 0 Å². The lowest BCUT2D eigenvalue weighted by Gasteiger charge is -2.36. The zero-order valence-electron chi connectivity index (χ0n) is 12.5. The molecule has 3 aliphatic rings. The Labute approximate surface area is 125 Å². The summed E-state index contributed by atoms with van der Waals surface area (Å²) in [7, 11) is 0. The second kappa shape index (κ2) is 6.22. The van der Waals surface area contributed by atoms with Gasteiger partial charge >= 0.3 is 12.0 Å². The van der Waals surface area contributed by atoms with Crippen LogP contribution in [-0.4, -0.2) is 65.2 Å². The molecule has 0 radical (unpaired) electrons. The van der Waals surface area contributed by atoms with Gasteiger partial charge in [-0.05, 0) is 51.0 Å². The fourth-order valence-electron chi connectivity index (χ4n) is 3.62. The molecule has 2 amide bonds. The van der Waals surface area contributed by atoms with Gasteiger partial charge in [0, 0.05) is 25.2 Å². The molecule has 2 saturated heterocycles. The van der Waals surface area contributed by atoms with Gasteiger partial charge in [-0.25, -0.2) is 4.79 Å². The van der Waals surface area contributed by atoms with E-state index >= 15 is 0 Å². The van der Waals surface area contributed by atoms with E-state index in [1.54, 1.807) is 0 Å². The quantitative estimate of drug-likeness (QED) is 0.797. The number of nitrogens with zero attached hydrogens (tertiary/aromatic N) is 2. The van der Waals surface area contributed by atoms with Crippen LogP contribution in [0.25, 0.3) is 0 Å². The Morgan fingerprint density at radius 3 is 2.71 bits per heavy atom. The predicted molar refractivity (Wildman–Crippen MR) is 78.1 cm³/mol. The molecule has 2 unspecified atom stereocenters. The Morgan fingerprint density at radius 2 is 2.00 bits per heavy atom. The van der Waals surface area contributed by atoms with Crippen molar-refractivity contribution < 1.29 is 14.7 Å². The van der Waals surface area contributed by atoms with E-state index in [2.05, 4.69) is 10.2 Å². The number of piperidine rings is 1. The number of carboxylic acid groups (broad SMARTS) is 1. The van der Waals surface area contributed by atoms with Crippen molar-refractivity contribution in [1.82, 2.24) is 15.1 Å². The number of fused-ring (bicyclic) bond motifs is 1. The summed E-state index contributed by atoms with van der Waals surface area (Å²) in [6, 6.07) is 0.619. The molecule has 2 atom stereocenters. The monoisotopic (exact) mass is 295 g/mol. The van der Waals surface area contributed by atoms with Gasteiger partial charge in [-0.15, -0.1) is 0 Å². The average Bonchev–Trinajstić information content (AvgIpc) is 3.13. The van der Waals surface area contributed by atoms with Crippen LogP contribution in [0.2, 0.25) is 0 Å². The molecule has 1 saturated carbocycles. The van der Waals surface area contributed by atoms with E-state index in [0.29, 0.717) is 18.5 Å². The fourth-order valence-corrected chi connectivity index (χ4v) is 3.62. The second-order valence-electron chi connectivity index (χ2n) is 6.72. The highest BCUT2D eigenvalue weighted by atomic mass is 16.4. The van der Waals surface area contributed by atoms with Gasteiger partial charge < -0.3 is 20.2 Å². The third-order valence-electron chi connectivity index (χ3n) is 4.94. The Balaban J connectivity index is 1.51. The minimum Gasteiger partial charge on any atom is -0.480 e. The number of nitrogens with one attached hydrogen (secondary N) is 1. The molecule has 2 heterocycles. The highest BCUT2D eigenvalue weighted by Crippen LogP contribution is 2.30. The van der Waals surface area contributed by atoms with Gasteiger partial charge in [0.2, 0.25) is 0 Å². The molecule has 118 valence electrons. The average molecular weight is 295 g/mol. The SMILES string of the molecule is O=C(O)CN(CC1CC1)C(=O)NC1CCN2CCCC2C1. The molecule has 6 nitrogen and oxygen atoms in total. The summed E-state index contributed by atoms with van der Waals surface area (Å²) in [5, 5.41) is 12.0. The molecule has 0 aromatic heterocycles. The molecule has 0 aromatic rings. The number of carboxylic acids is 1. The Morgan fingerprint density at radius 1 is 1.19 bits per heavy atom. The van der Waals surface area contributed by atoms with Crippen molar-refractivity contribution in [3.63, 3.8) is 0 Å². The van der Waals surface area contributed by atoms with Crippen molar-refractivity contribution in [2.24, 2.45) is 5.92 Å². The summed E-state index contributed by atoms with van der Waals surface area (Å²) in [4.78, 5) is 27.3. The van der Waals surface area contributed by atoms with Gasteiger partial charge in [-0.3, -0.25) is 4.79 Å². The first-order chi connectivity index (χ1) is 10.1. The summed E-state index contributed by atoms with van der Waals surface area (Å²) in [6.07, 6.45) is 6.71. The smallest absolute Gasteiger partial charge is 0.323 e. The summed E-state index contributed by atoms with van der Waals surface area (Å²) in [5.41, 5.74) is 0. The number of aliphatic carboxylic acids is 1. The maximum Gasteiger partial charge on any atom is 0.323 e. The van der Waals surface area contributed by atoms with Crippen LogP contribution in [-0.2, 0) is 4.79 Å². The zero-order valence-corrected chi connectivity index (χ0v) is 12.5. The Bertz CT molecular complexity index is 411. The molecule has 3 fully saturated rings. The lowest BCUT2D eigenvalue weighted by molar-refractivity contribution is -0.137. The standard InChI is InChI=1S/C15H25N3O3/c19-14(20)10-18(9-11-3-4-11)15(21)16-12-5-7-17-6-1-2-13(17)8-12/h11-13H,1-10H2,(H,16,21)(H,19,20). The van der Waals surface area contributed by atoms with Crippen LogP contribution in [0.1, 0.15) is 38.5 Å². The second-order valence-corrected chi connectivity index (χ2v) is 6.72. The maximum atomic E-state index is 12.3. The van der Waals surface area contributed by atoms with Crippen molar-refractivity contribution in [1.29, 1.82) is 0 Å². The van der Waals surface area contributed by atoms with Gasteiger partial charge in [-0.1, -0.05) is 0 Å². The van der Waals surface area contributed by atoms with Crippen LogP contribution in [0.15, 0.2) is 0 Å². The number of hydrogen-bond acceptors (Lipinski definition) is 3. The van der Waals surface area contributed by atoms with Crippen molar-refractivity contribution in [2.45, 2.75) is 50.6 Å². The molecule has 3 rings (SSSR count). The molecule has 0 spiro atoms. The van der Waals surface area contributed by atoms with Crippen molar-refractivity contribution in [3.05, 3.63) is 0 Å². The van der Waals surface area contributed by atoms with Gasteiger partial charge in [0.1, 0.15) is 6.54 Å². The van der Waals surface area contributed by atoms with E-state index in [9.17, 15) is 9.59 Å². The normalized spacial score (nSPS) is 29.0. The van der Waals surface area contributed by atoms with Gasteiger partial charge in [0.25, 0.3) is 0 Å². The van der Waals surface area contributed by atoms with Crippen molar-refractivity contribution in [2.75, 3.05) is 26.2 Å². The summed E-state index contributed by atoms with van der Waals surface area (Å²) < 4.78 is 0. The molecule has 0 aromatic carbocycles. The van der Waals surface area contributed by atoms with Crippen LogP contribution in [0.5, 0.6) is 0 Å². The number of urea groups is 1. The predicted octanol–water partition coefficient (Wildman–Crippen LogP) is 1.12. The molecular weight excluding hydrogens is 270 g/mol. The number of carbonyl (C=O) groups excluding carboxylic acids is 1. The molecule has 2 N–H and O–H groups in total. The highest BCUT2D eigenvalue weighted by molar-refractivity contribution is 5.80. The van der Waals surface area contributed by atoms with Crippen LogP contribution in [0.4, 0.5) is 4.79 Å². The van der Waals surface area contributed by atoms with Crippen molar-refractivity contribution in [3.8, 4) is 0 Å². The summed E-state index contributed by atoms with van der Waals surface area (Å²) in [5.74, 6) is -0.428. The Kier molecular flexibility index (Phi) is 4.33. The first-order valence-electron chi connectivity index (χ1n) is 8.13. The van der Waals surface area contributed by atoms with E-state index in [0.717, 1.165) is 32.2 Å². The molecule has 6 heteroatoms. The van der Waals surface area contributed by atoms with Gasteiger partial charge in [0.15, 0.2) is 0 Å². The summed E-state index contributed by atoms with van der Waals surface area (Å²) in [6.45, 7) is 2.64. The molecular formula is C15H25N3O3. The minimum absolute atomic E-state index is 0.190. The number of hydrogen-bond donors (Lipinski definition) is 2. The van der Waals surface area contributed by atoms with E-state index in [1.165, 1.54) is 24.3 Å². The minimum atomic E-state index is -0.934. The van der Waals surface area contributed by atoms with Gasteiger partial charge in [-0.2, -0.15) is 0 Å². The fraction of sp³-hybridized carbons (Fsp3) is 0.867. The third kappa shape index (κ3) is 3.87. The molecule has 1 aliphatic carbocycles. The third-order valence-corrected chi connectivity index (χ3v) is 4.94. The number of carbonyl (C=O) groups is 2. The first-order valence-corrected chi connectivity index (χ1v) is 8.13. The van der Waals surface area contributed by atoms with Crippen LogP contribution in [0, 0.1) is 5.92 Å². The zero-order chi connectivity index (χ0) is 14.8. The maximum absolute atomic E-state index is 12.3. The topological polar surface area (TPSA) is 72.9 Å². The van der Waals surface area contributed by atoms with Gasteiger partial charge in [0.05, 0.1) is 0 Å². The largest absolute Gasteiger partial charge is 0.480 e. The Hall–Kier alpha value is -1.30. The van der Waals surface area contributed by atoms with Crippen LogP contribution < -0.4 is 5.32 Å². The summed E-state index contributed by atoms with van der Waals surface area (Å²) >= 11 is 0. The van der Waals surface area contributed by atoms with Crippen molar-refractivity contribution >= 4 is 12.0 Å². The molecule has 21 heavy (non-hydrogen) atoms. The highest BCUT2D eigenvalue weighted by Gasteiger charge is 2.34. The van der Waals surface area contributed by atoms with E-state index in [4.69, 9.17) is 5.11 Å². The lowest BCUT2D eigenvalue weighted by Crippen LogP contribution is -2.52. The first kappa shape index (κ1) is 14.6. The van der Waals surface area contributed by atoms with E-state index < -0.39 is 5.97 Å². The van der Waals surface area contributed by atoms with E-state index in [-0.39, 0.29) is 18.6 Å². The van der Waals surface area contributed by atoms with Crippen LogP contribution in [0.3, 0.4) is 0 Å². The molecule has 2 aliphatic heterocycles. The number of amides is 2.